The zero-order valence-electron chi connectivity index (χ0n) is 9.53. The van der Waals surface area contributed by atoms with E-state index in [1.807, 2.05) is 25.1 Å². The van der Waals surface area contributed by atoms with Crippen LogP contribution in [0.25, 0.3) is 0 Å². The Bertz CT molecular complexity index is 363. The molecule has 1 aliphatic rings. The van der Waals surface area contributed by atoms with Crippen molar-refractivity contribution in [3.63, 3.8) is 0 Å². The maximum absolute atomic E-state index is 11.5. The molecule has 1 aromatic rings. The Hall–Kier alpha value is -1.35. The fourth-order valence-corrected chi connectivity index (χ4v) is 1.88. The minimum Gasteiger partial charge on any atom is -0.465 e. The Kier molecular flexibility index (Phi) is 3.25. The van der Waals surface area contributed by atoms with Gasteiger partial charge in [0.1, 0.15) is 0 Å². The van der Waals surface area contributed by atoms with Crippen LogP contribution in [-0.2, 0) is 16.1 Å². The smallest absolute Gasteiger partial charge is 0.313 e. The van der Waals surface area contributed by atoms with Crippen molar-refractivity contribution in [2.24, 2.45) is 5.41 Å². The number of esters is 1. The minimum atomic E-state index is -0.339. The van der Waals surface area contributed by atoms with E-state index in [1.165, 1.54) is 5.56 Å². The van der Waals surface area contributed by atoms with Gasteiger partial charge in [0.15, 0.2) is 0 Å². The molecule has 1 atom stereocenters. The summed E-state index contributed by atoms with van der Waals surface area (Å²) in [5.74, 6) is -0.0759. The lowest BCUT2D eigenvalue weighted by Gasteiger charge is -2.19. The molecule has 1 saturated heterocycles. The molecule has 0 bridgehead atoms. The van der Waals surface area contributed by atoms with E-state index in [0.717, 1.165) is 13.0 Å². The Morgan fingerprint density at radius 1 is 1.38 bits per heavy atom. The van der Waals surface area contributed by atoms with Crippen LogP contribution in [0.2, 0.25) is 0 Å². The second kappa shape index (κ2) is 4.66. The van der Waals surface area contributed by atoms with Crippen LogP contribution in [0.1, 0.15) is 18.9 Å². The lowest BCUT2D eigenvalue weighted by Crippen LogP contribution is -2.35. The Labute approximate surface area is 95.8 Å². The third-order valence-electron chi connectivity index (χ3n) is 3.07. The molecule has 0 amide bonds. The molecule has 3 nitrogen and oxygen atoms in total. The lowest BCUT2D eigenvalue weighted by molar-refractivity contribution is -0.145. The van der Waals surface area contributed by atoms with Gasteiger partial charge in [-0.1, -0.05) is 30.3 Å². The highest BCUT2D eigenvalue weighted by Crippen LogP contribution is 2.28. The van der Waals surface area contributed by atoms with Gasteiger partial charge in [-0.15, -0.1) is 0 Å². The molecule has 1 unspecified atom stereocenters. The monoisotopic (exact) mass is 219 g/mol. The number of nitrogens with one attached hydrogen (secondary N) is 1. The predicted octanol–water partition coefficient (Wildman–Crippen LogP) is 1.73. The maximum Gasteiger partial charge on any atom is 0.313 e. The van der Waals surface area contributed by atoms with Gasteiger partial charge in [0, 0.05) is 13.1 Å². The van der Waals surface area contributed by atoms with Crippen molar-refractivity contribution in [3.05, 3.63) is 35.9 Å². The number of rotatable bonds is 4. The van der Waals surface area contributed by atoms with Crippen LogP contribution in [0, 0.1) is 5.41 Å². The molecule has 1 heterocycles. The van der Waals surface area contributed by atoms with Gasteiger partial charge < -0.3 is 10.1 Å². The van der Waals surface area contributed by atoms with Crippen molar-refractivity contribution >= 4 is 5.97 Å². The summed E-state index contributed by atoms with van der Waals surface area (Å²) in [6.45, 7) is 3.99. The predicted molar refractivity (Wildman–Crippen MR) is 61.8 cm³/mol. The summed E-state index contributed by atoms with van der Waals surface area (Å²) in [6.07, 6.45) is 0.813. The van der Waals surface area contributed by atoms with Crippen molar-refractivity contribution in [1.29, 1.82) is 0 Å². The first-order chi connectivity index (χ1) is 7.71. The average molecular weight is 219 g/mol. The molecule has 1 N–H and O–H groups in total. The molecule has 0 spiro atoms. The number of carbonyl (C=O) groups excluding carboxylic acids is 1. The lowest BCUT2D eigenvalue weighted by atomic mass is 9.89. The molecule has 0 radical (unpaired) electrons. The first kappa shape index (κ1) is 11.1. The second-order valence-electron chi connectivity index (χ2n) is 4.54. The van der Waals surface area contributed by atoms with Crippen molar-refractivity contribution < 1.29 is 9.53 Å². The molecule has 0 aliphatic carbocycles. The van der Waals surface area contributed by atoms with Gasteiger partial charge in [0.05, 0.1) is 12.0 Å². The third kappa shape index (κ3) is 2.42. The van der Waals surface area contributed by atoms with E-state index >= 15 is 0 Å². The van der Waals surface area contributed by atoms with Gasteiger partial charge in [0.25, 0.3) is 0 Å². The zero-order valence-corrected chi connectivity index (χ0v) is 9.53. The van der Waals surface area contributed by atoms with Gasteiger partial charge in [-0.25, -0.2) is 0 Å². The molecule has 3 heteroatoms. The van der Waals surface area contributed by atoms with Gasteiger partial charge in [-0.3, -0.25) is 4.79 Å². The highest BCUT2D eigenvalue weighted by atomic mass is 16.5. The average Bonchev–Trinajstić information content (AvgIpc) is 2.61. The molecule has 1 aromatic carbocycles. The van der Waals surface area contributed by atoms with E-state index in [4.69, 9.17) is 4.74 Å². The van der Waals surface area contributed by atoms with Crippen LogP contribution < -0.4 is 5.32 Å². The van der Waals surface area contributed by atoms with E-state index in [9.17, 15) is 4.79 Å². The summed E-state index contributed by atoms with van der Waals surface area (Å²) in [4.78, 5) is 11.5. The molecule has 1 fully saturated rings. The largest absolute Gasteiger partial charge is 0.465 e. The Morgan fingerprint density at radius 3 is 2.75 bits per heavy atom. The molecule has 16 heavy (non-hydrogen) atoms. The van der Waals surface area contributed by atoms with Crippen LogP contribution in [0.3, 0.4) is 0 Å². The van der Waals surface area contributed by atoms with E-state index in [-0.39, 0.29) is 11.4 Å². The second-order valence-corrected chi connectivity index (χ2v) is 4.54. The molecule has 1 aliphatic heterocycles. The third-order valence-corrected chi connectivity index (χ3v) is 3.07. The number of hydrogen-bond donors (Lipinski definition) is 1. The topological polar surface area (TPSA) is 38.3 Å². The summed E-state index contributed by atoms with van der Waals surface area (Å²) in [7, 11) is 0. The first-order valence-corrected chi connectivity index (χ1v) is 5.63. The Morgan fingerprint density at radius 2 is 2.12 bits per heavy atom. The quantitative estimate of drug-likeness (QED) is 0.784. The van der Waals surface area contributed by atoms with E-state index in [2.05, 4.69) is 17.4 Å². The van der Waals surface area contributed by atoms with Crippen LogP contribution in [0.15, 0.2) is 30.3 Å². The maximum atomic E-state index is 11.5. The summed E-state index contributed by atoms with van der Waals surface area (Å²) < 4.78 is 4.99. The van der Waals surface area contributed by atoms with Crippen molar-refractivity contribution in [3.8, 4) is 0 Å². The summed E-state index contributed by atoms with van der Waals surface area (Å²) in [5, 5.41) is 3.31. The highest BCUT2D eigenvalue weighted by Gasteiger charge is 2.39. The van der Waals surface area contributed by atoms with Crippen molar-refractivity contribution in [2.45, 2.75) is 19.9 Å². The fraction of sp³-hybridized carbons (Fsp3) is 0.462. The van der Waals surface area contributed by atoms with Gasteiger partial charge >= 0.3 is 5.97 Å². The molecule has 2 rings (SSSR count). The van der Waals surface area contributed by atoms with E-state index in [1.54, 1.807) is 0 Å². The molecule has 86 valence electrons. The minimum absolute atomic E-state index is 0.0759. The van der Waals surface area contributed by atoms with Crippen LogP contribution in [0.5, 0.6) is 0 Å². The van der Waals surface area contributed by atoms with Gasteiger partial charge in [-0.2, -0.15) is 0 Å². The zero-order chi connectivity index (χ0) is 11.4. The molecular formula is C13H17NO2. The number of hydrogen-bond acceptors (Lipinski definition) is 3. The fourth-order valence-electron chi connectivity index (χ4n) is 1.88. The molecular weight excluding hydrogens is 202 g/mol. The van der Waals surface area contributed by atoms with Crippen LogP contribution >= 0.6 is 0 Å². The summed E-state index contributed by atoms with van der Waals surface area (Å²) >= 11 is 0. The molecule has 0 saturated carbocycles. The van der Waals surface area contributed by atoms with Crippen LogP contribution in [-0.4, -0.2) is 19.1 Å². The van der Waals surface area contributed by atoms with Gasteiger partial charge in [0.2, 0.25) is 0 Å². The highest BCUT2D eigenvalue weighted by molar-refractivity contribution is 5.78. The number of ether oxygens (including phenoxy) is 1. The molecule has 0 aromatic heterocycles. The number of carbonyl (C=O) groups is 1. The Balaban J connectivity index is 1.82. The SMILES string of the molecule is CC1(CNCc2ccccc2)CCOC1=O. The summed E-state index contributed by atoms with van der Waals surface area (Å²) in [6, 6.07) is 10.2. The van der Waals surface area contributed by atoms with Crippen LogP contribution in [0.4, 0.5) is 0 Å². The number of benzene rings is 1. The normalized spacial score (nSPS) is 24.4. The van der Waals surface area contributed by atoms with Gasteiger partial charge in [-0.05, 0) is 18.9 Å². The van der Waals surface area contributed by atoms with Crippen molar-refractivity contribution in [1.82, 2.24) is 5.32 Å². The number of cyclic esters (lactones) is 1. The van der Waals surface area contributed by atoms with E-state index < -0.39 is 0 Å². The van der Waals surface area contributed by atoms with Crippen molar-refractivity contribution in [2.75, 3.05) is 13.2 Å². The summed E-state index contributed by atoms with van der Waals surface area (Å²) in [5.41, 5.74) is 0.895. The standard InChI is InChI=1S/C13H17NO2/c1-13(7-8-16-12(13)15)10-14-9-11-5-3-2-4-6-11/h2-6,14H,7-10H2,1H3. The first-order valence-electron chi connectivity index (χ1n) is 5.63. The van der Waals surface area contributed by atoms with E-state index in [0.29, 0.717) is 13.2 Å².